The van der Waals surface area contributed by atoms with Gasteiger partial charge in [0.1, 0.15) is 23.6 Å². The molecule has 0 radical (unpaired) electrons. The number of hydrogen-bond donors (Lipinski definition) is 2. The molecule has 0 unspecified atom stereocenters. The second kappa shape index (κ2) is 5.58. The number of carboxylic acids is 1. The van der Waals surface area contributed by atoms with Crippen molar-refractivity contribution in [3.63, 3.8) is 0 Å². The molecule has 1 heterocycles. The monoisotopic (exact) mass is 291 g/mol. The first-order valence-electron chi connectivity index (χ1n) is 5.82. The zero-order chi connectivity index (χ0) is 14.8. The number of rotatable bonds is 4. The summed E-state index contributed by atoms with van der Waals surface area (Å²) in [5, 5.41) is 11.6. The molecule has 1 saturated heterocycles. The summed E-state index contributed by atoms with van der Waals surface area (Å²) < 4.78 is 45.1. The van der Waals surface area contributed by atoms with E-state index in [0.29, 0.717) is 18.7 Å². The predicted molar refractivity (Wildman–Crippen MR) is 61.6 cm³/mol. The van der Waals surface area contributed by atoms with Gasteiger partial charge in [0.2, 0.25) is 0 Å². The molecule has 0 amide bonds. The van der Waals surface area contributed by atoms with Crippen LogP contribution in [0.25, 0.3) is 0 Å². The summed E-state index contributed by atoms with van der Waals surface area (Å²) in [4.78, 5) is 10.7. The van der Waals surface area contributed by atoms with Gasteiger partial charge in [0.05, 0.1) is 0 Å². The fraction of sp³-hybridized carbons (Fsp3) is 0.417. The quantitative estimate of drug-likeness (QED) is 0.885. The Labute approximate surface area is 112 Å². The lowest BCUT2D eigenvalue weighted by molar-refractivity contribution is -0.274. The van der Waals surface area contributed by atoms with E-state index in [4.69, 9.17) is 9.84 Å². The summed E-state index contributed by atoms with van der Waals surface area (Å²) in [6, 6.07) is 4.30. The molecule has 8 heteroatoms. The summed E-state index contributed by atoms with van der Waals surface area (Å²) in [7, 11) is 0. The third-order valence-corrected chi connectivity index (χ3v) is 2.75. The molecule has 0 saturated carbocycles. The van der Waals surface area contributed by atoms with Crippen LogP contribution in [0.15, 0.2) is 24.3 Å². The molecular weight excluding hydrogens is 279 g/mol. The van der Waals surface area contributed by atoms with Crippen LogP contribution in [0.3, 0.4) is 0 Å². The molecule has 20 heavy (non-hydrogen) atoms. The van der Waals surface area contributed by atoms with E-state index in [-0.39, 0.29) is 11.9 Å². The third-order valence-electron chi connectivity index (χ3n) is 2.75. The van der Waals surface area contributed by atoms with Gasteiger partial charge in [-0.05, 0) is 24.3 Å². The number of nitrogens with one attached hydrogen (secondary N) is 1. The number of halogens is 3. The summed E-state index contributed by atoms with van der Waals surface area (Å²) >= 11 is 0. The van der Waals surface area contributed by atoms with Crippen molar-refractivity contribution in [3.05, 3.63) is 24.3 Å². The summed E-state index contributed by atoms with van der Waals surface area (Å²) in [5.41, 5.74) is 0. The molecule has 0 spiro atoms. The first-order chi connectivity index (χ1) is 9.33. The second-order valence-electron chi connectivity index (χ2n) is 4.29. The van der Waals surface area contributed by atoms with Crippen molar-refractivity contribution in [2.45, 2.75) is 24.9 Å². The normalized spacial score (nSPS) is 22.6. The molecule has 0 aliphatic carbocycles. The maximum absolute atomic E-state index is 12.0. The van der Waals surface area contributed by atoms with Gasteiger partial charge in [-0.3, -0.25) is 4.79 Å². The van der Waals surface area contributed by atoms with Crippen molar-refractivity contribution in [3.8, 4) is 11.5 Å². The molecule has 2 atom stereocenters. The fourth-order valence-corrected chi connectivity index (χ4v) is 1.89. The van der Waals surface area contributed by atoms with Crippen molar-refractivity contribution < 1.29 is 32.5 Å². The maximum atomic E-state index is 12.0. The van der Waals surface area contributed by atoms with Gasteiger partial charge in [0.25, 0.3) is 0 Å². The van der Waals surface area contributed by atoms with E-state index in [1.807, 2.05) is 0 Å². The highest BCUT2D eigenvalue weighted by Crippen LogP contribution is 2.25. The Morgan fingerprint density at radius 2 is 1.85 bits per heavy atom. The number of ether oxygens (including phenoxy) is 2. The van der Waals surface area contributed by atoms with Crippen molar-refractivity contribution in [1.29, 1.82) is 0 Å². The average molecular weight is 291 g/mol. The second-order valence-corrected chi connectivity index (χ2v) is 4.29. The third kappa shape index (κ3) is 4.02. The van der Waals surface area contributed by atoms with E-state index in [1.165, 1.54) is 12.1 Å². The smallest absolute Gasteiger partial charge is 0.489 e. The number of carbonyl (C=O) groups is 1. The van der Waals surface area contributed by atoms with Gasteiger partial charge < -0.3 is 19.9 Å². The first-order valence-corrected chi connectivity index (χ1v) is 5.82. The number of carboxylic acid groups (broad SMARTS) is 1. The van der Waals surface area contributed by atoms with E-state index in [1.54, 1.807) is 0 Å². The Morgan fingerprint density at radius 3 is 2.35 bits per heavy atom. The highest BCUT2D eigenvalue weighted by Gasteiger charge is 2.32. The first kappa shape index (κ1) is 14.4. The Bertz CT molecular complexity index is 475. The van der Waals surface area contributed by atoms with Crippen LogP contribution in [-0.2, 0) is 4.79 Å². The van der Waals surface area contributed by atoms with Crippen molar-refractivity contribution >= 4 is 5.97 Å². The predicted octanol–water partition coefficient (Wildman–Crippen LogP) is 1.78. The van der Waals surface area contributed by atoms with Crippen molar-refractivity contribution in [1.82, 2.24) is 5.32 Å². The summed E-state index contributed by atoms with van der Waals surface area (Å²) in [6.45, 7) is 0.373. The van der Waals surface area contributed by atoms with Crippen LogP contribution in [0, 0.1) is 0 Å². The molecule has 1 fully saturated rings. The molecule has 2 N–H and O–H groups in total. The highest BCUT2D eigenvalue weighted by molar-refractivity contribution is 5.73. The van der Waals surface area contributed by atoms with Crippen LogP contribution in [0.5, 0.6) is 11.5 Å². The lowest BCUT2D eigenvalue weighted by atomic mass is 10.2. The van der Waals surface area contributed by atoms with Gasteiger partial charge in [-0.2, -0.15) is 0 Å². The summed E-state index contributed by atoms with van der Waals surface area (Å²) in [5.74, 6) is -0.930. The molecule has 0 bridgehead atoms. The molecule has 1 aromatic rings. The summed E-state index contributed by atoms with van der Waals surface area (Å²) in [6.07, 6.45) is -4.76. The lowest BCUT2D eigenvalue weighted by Gasteiger charge is -2.13. The van der Waals surface area contributed by atoms with Crippen LogP contribution in [0.1, 0.15) is 6.42 Å². The van der Waals surface area contributed by atoms with E-state index in [0.717, 1.165) is 12.1 Å². The SMILES string of the molecule is O=C(O)[C@@H]1C[C@H](Oc2ccc(OC(F)(F)F)cc2)CN1. The zero-order valence-corrected chi connectivity index (χ0v) is 10.2. The van der Waals surface area contributed by atoms with E-state index >= 15 is 0 Å². The average Bonchev–Trinajstić information content (AvgIpc) is 2.78. The van der Waals surface area contributed by atoms with Crippen LogP contribution >= 0.6 is 0 Å². The van der Waals surface area contributed by atoms with Gasteiger partial charge in [0, 0.05) is 13.0 Å². The topological polar surface area (TPSA) is 67.8 Å². The Balaban J connectivity index is 1.90. The minimum Gasteiger partial charge on any atom is -0.489 e. The molecule has 2 rings (SSSR count). The molecule has 1 aliphatic rings. The molecular formula is C12H12F3NO4. The van der Waals surface area contributed by atoms with Crippen molar-refractivity contribution in [2.24, 2.45) is 0 Å². The molecule has 0 aromatic heterocycles. The van der Waals surface area contributed by atoms with Crippen LogP contribution in [-0.4, -0.2) is 36.1 Å². The van der Waals surface area contributed by atoms with Gasteiger partial charge >= 0.3 is 12.3 Å². The zero-order valence-electron chi connectivity index (χ0n) is 10.2. The lowest BCUT2D eigenvalue weighted by Crippen LogP contribution is -2.30. The Kier molecular flexibility index (Phi) is 4.03. The number of alkyl halides is 3. The Hall–Kier alpha value is -1.96. The largest absolute Gasteiger partial charge is 0.573 e. The molecule has 110 valence electrons. The van der Waals surface area contributed by atoms with Crippen molar-refractivity contribution in [2.75, 3.05) is 6.54 Å². The highest BCUT2D eigenvalue weighted by atomic mass is 19.4. The number of hydrogen-bond acceptors (Lipinski definition) is 4. The minimum atomic E-state index is -4.73. The molecule has 1 aromatic carbocycles. The van der Waals surface area contributed by atoms with Crippen LogP contribution in [0.4, 0.5) is 13.2 Å². The molecule has 5 nitrogen and oxygen atoms in total. The van der Waals surface area contributed by atoms with Gasteiger partial charge in [0.15, 0.2) is 0 Å². The van der Waals surface area contributed by atoms with E-state index in [2.05, 4.69) is 10.1 Å². The molecule has 1 aliphatic heterocycles. The van der Waals surface area contributed by atoms with E-state index in [9.17, 15) is 18.0 Å². The van der Waals surface area contributed by atoms with Crippen LogP contribution in [0.2, 0.25) is 0 Å². The fourth-order valence-electron chi connectivity index (χ4n) is 1.89. The number of aliphatic carboxylic acids is 1. The van der Waals surface area contributed by atoms with Crippen LogP contribution < -0.4 is 14.8 Å². The maximum Gasteiger partial charge on any atom is 0.573 e. The van der Waals surface area contributed by atoms with Gasteiger partial charge in [-0.25, -0.2) is 0 Å². The number of benzene rings is 1. The van der Waals surface area contributed by atoms with Gasteiger partial charge in [-0.1, -0.05) is 0 Å². The standard InChI is InChI=1S/C12H12F3NO4/c13-12(14,15)20-8-3-1-7(2-4-8)19-9-5-10(11(17)18)16-6-9/h1-4,9-10,16H,5-6H2,(H,17,18)/t9-,10-/m0/s1. The minimum absolute atomic E-state index is 0.302. The Morgan fingerprint density at radius 1 is 1.25 bits per heavy atom. The van der Waals surface area contributed by atoms with Gasteiger partial charge in [-0.15, -0.1) is 13.2 Å². The van der Waals surface area contributed by atoms with E-state index < -0.39 is 18.4 Å².